The van der Waals surface area contributed by atoms with Gasteiger partial charge in [0.15, 0.2) is 5.82 Å². The van der Waals surface area contributed by atoms with Gasteiger partial charge in [0.05, 0.1) is 0 Å². The Balaban J connectivity index is 1.45. The molecule has 36 heavy (non-hydrogen) atoms. The molecule has 0 aliphatic heterocycles. The Morgan fingerprint density at radius 1 is 1.25 bits per heavy atom. The van der Waals surface area contributed by atoms with Crippen LogP contribution in [-0.4, -0.2) is 41.9 Å². The van der Waals surface area contributed by atoms with Crippen LogP contribution in [-0.2, 0) is 4.79 Å². The van der Waals surface area contributed by atoms with E-state index in [-0.39, 0.29) is 5.91 Å². The first kappa shape index (κ1) is 24.7. The molecule has 2 aliphatic carbocycles. The number of nitrogens with one attached hydrogen (secondary N) is 3. The molecule has 3 N–H and O–H groups in total. The summed E-state index contributed by atoms with van der Waals surface area (Å²) in [6.07, 6.45) is 23.8. The Morgan fingerprint density at radius 2 is 2.14 bits per heavy atom. The monoisotopic (exact) mass is 479 g/mol. The number of aromatic nitrogens is 3. The van der Waals surface area contributed by atoms with E-state index < -0.39 is 0 Å². The third-order valence-corrected chi connectivity index (χ3v) is 5.71. The number of aliphatic imine (C=N–C) groups is 1. The van der Waals surface area contributed by atoms with Crippen molar-refractivity contribution in [2.24, 2.45) is 10.9 Å². The van der Waals surface area contributed by atoms with E-state index in [9.17, 15) is 4.79 Å². The number of amides is 1. The number of allylic oxidation sites excluding steroid dienone is 9. The SMILES string of the molecule is BN/C(=C\NC(/C=C/C(=O)Nc1cccc(-c2nncn2C2=CCC=CC=C2)c1)=C/C=N\C)C1CC1. The molecule has 1 saturated carbocycles. The molecule has 0 bridgehead atoms. The van der Waals surface area contributed by atoms with Crippen LogP contribution >= 0.6 is 0 Å². The quantitative estimate of drug-likeness (QED) is 0.210. The molecule has 1 fully saturated rings. The standard InChI is InChI=1S/C27H30BN7O/c1-29-16-15-22(30-18-25(33-28)20-11-12-20)13-14-26(36)32-23-8-6-7-21(17-23)27-34-31-19-35(27)24-9-4-2-3-5-10-24/h2-4,6-10,13-20,30,33H,5,11-12,28H2,1H3,(H,32,36)/b14-13+,22-15+,25-18-,29-16-. The second-order valence-electron chi connectivity index (χ2n) is 8.38. The molecule has 0 atom stereocenters. The van der Waals surface area contributed by atoms with Crippen LogP contribution in [0.2, 0.25) is 0 Å². The second kappa shape index (κ2) is 12.3. The molecule has 1 aromatic heterocycles. The van der Waals surface area contributed by atoms with E-state index in [0.29, 0.717) is 17.4 Å². The Bertz CT molecular complexity index is 1290. The van der Waals surface area contributed by atoms with Crippen molar-refractivity contribution >= 4 is 31.5 Å². The van der Waals surface area contributed by atoms with Gasteiger partial charge >= 0.3 is 0 Å². The van der Waals surface area contributed by atoms with Crippen molar-refractivity contribution in [1.82, 2.24) is 25.3 Å². The summed E-state index contributed by atoms with van der Waals surface area (Å²) in [5.41, 5.74) is 4.43. The highest BCUT2D eigenvalue weighted by Gasteiger charge is 2.24. The van der Waals surface area contributed by atoms with Gasteiger partial charge in [-0.1, -0.05) is 36.4 Å². The number of carbonyl (C=O) groups is 1. The third kappa shape index (κ3) is 6.82. The molecule has 1 heterocycles. The number of nitrogens with zero attached hydrogens (tertiary/aromatic N) is 4. The van der Waals surface area contributed by atoms with Gasteiger partial charge in [0, 0.05) is 53.9 Å². The maximum Gasteiger partial charge on any atom is 0.248 e. The molecule has 9 heteroatoms. The van der Waals surface area contributed by atoms with Crippen LogP contribution in [0.5, 0.6) is 0 Å². The highest BCUT2D eigenvalue weighted by Crippen LogP contribution is 2.34. The van der Waals surface area contributed by atoms with Crippen LogP contribution in [0, 0.1) is 5.92 Å². The van der Waals surface area contributed by atoms with Crippen molar-refractivity contribution in [1.29, 1.82) is 0 Å². The topological polar surface area (TPSA) is 96.2 Å². The first-order valence-electron chi connectivity index (χ1n) is 12.0. The summed E-state index contributed by atoms with van der Waals surface area (Å²) in [7, 11) is 3.63. The molecule has 2 aromatic rings. The van der Waals surface area contributed by atoms with Crippen molar-refractivity contribution in [2.75, 3.05) is 12.4 Å². The average Bonchev–Trinajstić information content (AvgIpc) is 3.67. The number of benzene rings is 1. The molecule has 1 amide bonds. The Kier molecular flexibility index (Phi) is 8.48. The Hall–Kier alpha value is -4.40. The first-order valence-corrected chi connectivity index (χ1v) is 12.0. The van der Waals surface area contributed by atoms with E-state index >= 15 is 0 Å². The van der Waals surface area contributed by atoms with E-state index in [0.717, 1.165) is 29.1 Å². The first-order chi connectivity index (χ1) is 17.7. The van der Waals surface area contributed by atoms with Crippen molar-refractivity contribution in [3.8, 4) is 11.4 Å². The van der Waals surface area contributed by atoms with E-state index in [2.05, 4.69) is 43.2 Å². The molecule has 2 aliphatic rings. The molecule has 1 aromatic carbocycles. The van der Waals surface area contributed by atoms with Crippen molar-refractivity contribution in [2.45, 2.75) is 19.3 Å². The molecule has 8 nitrogen and oxygen atoms in total. The van der Waals surface area contributed by atoms with E-state index in [1.165, 1.54) is 18.9 Å². The van der Waals surface area contributed by atoms with Gasteiger partial charge in [0.2, 0.25) is 13.9 Å². The summed E-state index contributed by atoms with van der Waals surface area (Å²) in [6, 6.07) is 7.58. The molecule has 4 rings (SSSR count). The number of carbonyl (C=O) groups excluding carboxylic acids is 1. The summed E-state index contributed by atoms with van der Waals surface area (Å²) >= 11 is 0. The average molecular weight is 479 g/mol. The molecule has 182 valence electrons. The fourth-order valence-corrected chi connectivity index (χ4v) is 3.71. The summed E-state index contributed by atoms with van der Waals surface area (Å²) in [6.45, 7) is 0. The summed E-state index contributed by atoms with van der Waals surface area (Å²) in [5.74, 6) is 1.05. The second-order valence-corrected chi connectivity index (χ2v) is 8.38. The minimum atomic E-state index is -0.241. The smallest absolute Gasteiger partial charge is 0.248 e. The normalized spacial score (nSPS) is 16.3. The predicted molar refractivity (Wildman–Crippen MR) is 149 cm³/mol. The lowest BCUT2D eigenvalue weighted by Gasteiger charge is -2.09. The van der Waals surface area contributed by atoms with E-state index in [1.807, 2.05) is 67.3 Å². The van der Waals surface area contributed by atoms with Crippen LogP contribution in [0.25, 0.3) is 17.1 Å². The molecule has 0 saturated heterocycles. The zero-order chi connectivity index (χ0) is 25.2. The molecule has 0 radical (unpaired) electrons. The van der Waals surface area contributed by atoms with Gasteiger partial charge in [-0.3, -0.25) is 14.4 Å². The van der Waals surface area contributed by atoms with Crippen molar-refractivity contribution in [3.05, 3.63) is 96.8 Å². The lowest BCUT2D eigenvalue weighted by atomic mass is 10.1. The zero-order valence-electron chi connectivity index (χ0n) is 20.6. The number of anilines is 1. The molecule has 0 spiro atoms. The zero-order valence-corrected chi connectivity index (χ0v) is 20.6. The van der Waals surface area contributed by atoms with Crippen LogP contribution in [0.1, 0.15) is 19.3 Å². The summed E-state index contributed by atoms with van der Waals surface area (Å²) < 4.78 is 1.94. The lowest BCUT2D eigenvalue weighted by Crippen LogP contribution is -2.15. The van der Waals surface area contributed by atoms with Crippen LogP contribution in [0.15, 0.2) is 102 Å². The maximum absolute atomic E-state index is 12.7. The fourth-order valence-electron chi connectivity index (χ4n) is 3.71. The van der Waals surface area contributed by atoms with Crippen LogP contribution < -0.4 is 15.9 Å². The maximum atomic E-state index is 12.7. The van der Waals surface area contributed by atoms with Crippen molar-refractivity contribution < 1.29 is 4.79 Å². The van der Waals surface area contributed by atoms with Gasteiger partial charge < -0.3 is 15.9 Å². The number of rotatable bonds is 10. The minimum absolute atomic E-state index is 0.241. The highest BCUT2D eigenvalue weighted by molar-refractivity contribution is 6.05. The van der Waals surface area contributed by atoms with Gasteiger partial charge in [0.1, 0.15) is 6.33 Å². The predicted octanol–water partition coefficient (Wildman–Crippen LogP) is 3.36. The highest BCUT2D eigenvalue weighted by atomic mass is 16.1. The van der Waals surface area contributed by atoms with E-state index in [4.69, 9.17) is 0 Å². The van der Waals surface area contributed by atoms with Gasteiger partial charge in [-0.2, -0.15) is 0 Å². The summed E-state index contributed by atoms with van der Waals surface area (Å²) in [5, 5.41) is 17.8. The molecular formula is C27H30BN7O. The van der Waals surface area contributed by atoms with Gasteiger partial charge in [0.25, 0.3) is 0 Å². The van der Waals surface area contributed by atoms with Crippen LogP contribution in [0.3, 0.4) is 0 Å². The Morgan fingerprint density at radius 3 is 2.94 bits per heavy atom. The number of hydrogen-bond acceptors (Lipinski definition) is 6. The third-order valence-electron chi connectivity index (χ3n) is 5.71. The molecular weight excluding hydrogens is 449 g/mol. The summed E-state index contributed by atoms with van der Waals surface area (Å²) in [4.78, 5) is 16.7. The van der Waals surface area contributed by atoms with E-state index in [1.54, 1.807) is 25.7 Å². The largest absolute Gasteiger partial charge is 0.436 e. The molecule has 0 unspecified atom stereocenters. The van der Waals surface area contributed by atoms with Gasteiger partial charge in [-0.05, 0) is 55.5 Å². The fraction of sp³-hybridized carbons (Fsp3) is 0.185. The van der Waals surface area contributed by atoms with Crippen LogP contribution in [0.4, 0.5) is 5.69 Å². The minimum Gasteiger partial charge on any atom is -0.436 e. The van der Waals surface area contributed by atoms with Gasteiger partial charge in [-0.15, -0.1) is 10.2 Å². The Labute approximate surface area is 212 Å². The lowest BCUT2D eigenvalue weighted by molar-refractivity contribution is -0.111. The van der Waals surface area contributed by atoms with Crippen molar-refractivity contribution in [3.63, 3.8) is 0 Å². The van der Waals surface area contributed by atoms with Gasteiger partial charge in [-0.25, -0.2) is 0 Å². The number of hydrogen-bond donors (Lipinski definition) is 3.